The van der Waals surface area contributed by atoms with Crippen LogP contribution in [0.25, 0.3) is 0 Å². The zero-order chi connectivity index (χ0) is 13.3. The Bertz CT molecular complexity index is 430. The number of hydrogen-bond acceptors (Lipinski definition) is 5. The molecule has 0 amide bonds. The first-order valence-electron chi connectivity index (χ1n) is 6.25. The Morgan fingerprint density at radius 3 is 2.67 bits per heavy atom. The number of aliphatic carboxylic acids is 1. The Kier molecular flexibility index (Phi) is 3.65. The molecule has 1 aromatic rings. The van der Waals surface area contributed by atoms with Crippen LogP contribution in [0.15, 0.2) is 4.42 Å². The van der Waals surface area contributed by atoms with Crippen LogP contribution >= 0.6 is 0 Å². The quantitative estimate of drug-likeness (QED) is 0.882. The summed E-state index contributed by atoms with van der Waals surface area (Å²) in [5, 5.41) is 17.1. The molecule has 0 saturated carbocycles. The van der Waals surface area contributed by atoms with Gasteiger partial charge in [0.1, 0.15) is 0 Å². The van der Waals surface area contributed by atoms with Gasteiger partial charge < -0.3 is 9.52 Å². The van der Waals surface area contributed by atoms with Crippen molar-refractivity contribution in [2.24, 2.45) is 5.92 Å². The molecule has 6 heteroatoms. The summed E-state index contributed by atoms with van der Waals surface area (Å²) >= 11 is 0. The number of rotatable bonds is 3. The van der Waals surface area contributed by atoms with Gasteiger partial charge in [-0.05, 0) is 19.9 Å². The third-order valence-electron chi connectivity index (χ3n) is 3.41. The molecule has 1 N–H and O–H groups in total. The molecule has 1 aliphatic heterocycles. The van der Waals surface area contributed by atoms with Crippen LogP contribution in [-0.2, 0) is 4.79 Å². The fourth-order valence-corrected chi connectivity index (χ4v) is 2.27. The van der Waals surface area contributed by atoms with Gasteiger partial charge in [0.2, 0.25) is 11.8 Å². The molecule has 6 nitrogen and oxygen atoms in total. The Hall–Kier alpha value is -1.43. The summed E-state index contributed by atoms with van der Waals surface area (Å²) in [5.41, 5.74) is 0. The topological polar surface area (TPSA) is 79.5 Å². The van der Waals surface area contributed by atoms with Crippen molar-refractivity contribution in [3.8, 4) is 0 Å². The highest BCUT2D eigenvalue weighted by atomic mass is 16.4. The average Bonchev–Trinajstić information content (AvgIpc) is 2.78. The van der Waals surface area contributed by atoms with Crippen LogP contribution in [0.3, 0.4) is 0 Å². The number of carboxylic acids is 1. The lowest BCUT2D eigenvalue weighted by Crippen LogP contribution is -2.38. The lowest BCUT2D eigenvalue weighted by atomic mass is 9.93. The summed E-state index contributed by atoms with van der Waals surface area (Å²) in [4.78, 5) is 12.9. The molecule has 1 saturated heterocycles. The monoisotopic (exact) mass is 253 g/mol. The molecule has 0 bridgehead atoms. The van der Waals surface area contributed by atoms with Crippen molar-refractivity contribution >= 4 is 5.97 Å². The van der Waals surface area contributed by atoms with Crippen molar-refractivity contribution in [1.82, 2.24) is 15.1 Å². The van der Waals surface area contributed by atoms with Crippen LogP contribution in [0.5, 0.6) is 0 Å². The highest BCUT2D eigenvalue weighted by Gasteiger charge is 2.33. The summed E-state index contributed by atoms with van der Waals surface area (Å²) in [6, 6.07) is 0.0422. The SMILES string of the molecule is CC(C)c1nnc(C2CC[C@H](C(=O)O)CN2C)o1. The van der Waals surface area contributed by atoms with Crippen molar-refractivity contribution in [1.29, 1.82) is 0 Å². The van der Waals surface area contributed by atoms with Crippen molar-refractivity contribution in [3.63, 3.8) is 0 Å². The predicted octanol–water partition coefficient (Wildman–Crippen LogP) is 1.66. The second kappa shape index (κ2) is 5.06. The maximum absolute atomic E-state index is 11.0. The number of piperidine rings is 1. The normalized spacial score (nSPS) is 25.6. The highest BCUT2D eigenvalue weighted by Crippen LogP contribution is 2.32. The van der Waals surface area contributed by atoms with Gasteiger partial charge in [-0.1, -0.05) is 13.8 Å². The Morgan fingerprint density at radius 1 is 1.44 bits per heavy atom. The molecular weight excluding hydrogens is 234 g/mol. The minimum absolute atomic E-state index is 0.0422. The highest BCUT2D eigenvalue weighted by molar-refractivity contribution is 5.70. The lowest BCUT2D eigenvalue weighted by molar-refractivity contribution is -0.144. The number of likely N-dealkylation sites (tertiary alicyclic amines) is 1. The number of carboxylic acid groups (broad SMARTS) is 1. The first-order valence-corrected chi connectivity index (χ1v) is 6.25. The minimum atomic E-state index is -0.728. The summed E-state index contributed by atoms with van der Waals surface area (Å²) in [7, 11) is 1.90. The average molecular weight is 253 g/mol. The van der Waals surface area contributed by atoms with Gasteiger partial charge in [0.25, 0.3) is 0 Å². The molecule has 1 fully saturated rings. The molecule has 1 unspecified atom stereocenters. The van der Waals surface area contributed by atoms with Gasteiger partial charge in [0.05, 0.1) is 12.0 Å². The Morgan fingerprint density at radius 2 is 2.17 bits per heavy atom. The van der Waals surface area contributed by atoms with Gasteiger partial charge >= 0.3 is 5.97 Å². The van der Waals surface area contributed by atoms with E-state index in [0.717, 1.165) is 6.42 Å². The van der Waals surface area contributed by atoms with Gasteiger partial charge in [-0.3, -0.25) is 9.69 Å². The van der Waals surface area contributed by atoms with Gasteiger partial charge in [-0.2, -0.15) is 0 Å². The predicted molar refractivity (Wildman–Crippen MR) is 64.1 cm³/mol. The molecule has 0 aliphatic carbocycles. The van der Waals surface area contributed by atoms with Crippen molar-refractivity contribution in [2.45, 2.75) is 38.6 Å². The van der Waals surface area contributed by atoms with E-state index < -0.39 is 5.97 Å². The van der Waals surface area contributed by atoms with E-state index in [4.69, 9.17) is 9.52 Å². The first kappa shape index (κ1) is 13.0. The zero-order valence-corrected chi connectivity index (χ0v) is 11.0. The zero-order valence-electron chi connectivity index (χ0n) is 11.0. The number of carbonyl (C=O) groups is 1. The summed E-state index contributed by atoms with van der Waals surface area (Å²) in [6.45, 7) is 4.53. The van der Waals surface area contributed by atoms with Gasteiger partial charge in [0, 0.05) is 12.5 Å². The molecule has 0 radical (unpaired) electrons. The van der Waals surface area contributed by atoms with E-state index in [-0.39, 0.29) is 17.9 Å². The van der Waals surface area contributed by atoms with E-state index in [9.17, 15) is 4.79 Å². The van der Waals surface area contributed by atoms with E-state index in [1.807, 2.05) is 25.8 Å². The fourth-order valence-electron chi connectivity index (χ4n) is 2.27. The largest absolute Gasteiger partial charge is 0.481 e. The molecule has 1 aliphatic rings. The number of aromatic nitrogens is 2. The Labute approximate surface area is 106 Å². The van der Waals surface area contributed by atoms with Crippen LogP contribution in [0.1, 0.15) is 50.4 Å². The molecule has 2 rings (SSSR count). The number of nitrogens with zero attached hydrogens (tertiary/aromatic N) is 3. The van der Waals surface area contributed by atoms with Crippen LogP contribution in [0.4, 0.5) is 0 Å². The van der Waals surface area contributed by atoms with Gasteiger partial charge in [-0.25, -0.2) is 0 Å². The van der Waals surface area contributed by atoms with E-state index in [1.165, 1.54) is 0 Å². The minimum Gasteiger partial charge on any atom is -0.481 e. The standard InChI is InChI=1S/C12H19N3O3/c1-7(2)10-13-14-11(18-10)9-5-4-8(12(16)17)6-15(9)3/h7-9H,4-6H2,1-3H3,(H,16,17)/t8-,9?/m0/s1. The van der Waals surface area contributed by atoms with Crippen LogP contribution in [0.2, 0.25) is 0 Å². The molecule has 1 aromatic heterocycles. The molecule has 2 heterocycles. The number of hydrogen-bond donors (Lipinski definition) is 1. The molecule has 100 valence electrons. The first-order chi connectivity index (χ1) is 8.49. The molecule has 18 heavy (non-hydrogen) atoms. The fraction of sp³-hybridized carbons (Fsp3) is 0.750. The second-order valence-corrected chi connectivity index (χ2v) is 5.20. The smallest absolute Gasteiger partial charge is 0.307 e. The molecule has 0 spiro atoms. The third kappa shape index (κ3) is 2.53. The summed E-state index contributed by atoms with van der Waals surface area (Å²) in [6.07, 6.45) is 1.40. The molecular formula is C12H19N3O3. The summed E-state index contributed by atoms with van der Waals surface area (Å²) < 4.78 is 5.64. The van der Waals surface area contributed by atoms with E-state index in [2.05, 4.69) is 10.2 Å². The molecule has 0 aromatic carbocycles. The van der Waals surface area contributed by atoms with E-state index >= 15 is 0 Å². The van der Waals surface area contributed by atoms with Crippen LogP contribution in [0, 0.1) is 5.92 Å². The van der Waals surface area contributed by atoms with Crippen molar-refractivity contribution in [3.05, 3.63) is 11.8 Å². The maximum Gasteiger partial charge on any atom is 0.307 e. The van der Waals surface area contributed by atoms with Gasteiger partial charge in [-0.15, -0.1) is 10.2 Å². The van der Waals surface area contributed by atoms with Crippen LogP contribution < -0.4 is 0 Å². The summed E-state index contributed by atoms with van der Waals surface area (Å²) in [5.74, 6) is 0.433. The lowest BCUT2D eigenvalue weighted by Gasteiger charge is -2.33. The van der Waals surface area contributed by atoms with Crippen molar-refractivity contribution < 1.29 is 14.3 Å². The van der Waals surface area contributed by atoms with E-state index in [1.54, 1.807) is 0 Å². The van der Waals surface area contributed by atoms with Crippen molar-refractivity contribution in [2.75, 3.05) is 13.6 Å². The third-order valence-corrected chi connectivity index (χ3v) is 3.41. The van der Waals surface area contributed by atoms with E-state index in [0.29, 0.717) is 24.7 Å². The van der Waals surface area contributed by atoms with Gasteiger partial charge in [0.15, 0.2) is 0 Å². The maximum atomic E-state index is 11.0. The molecule has 2 atom stereocenters. The second-order valence-electron chi connectivity index (χ2n) is 5.20. The Balaban J connectivity index is 2.08. The van der Waals surface area contributed by atoms with Crippen LogP contribution in [-0.4, -0.2) is 39.8 Å².